The van der Waals surface area contributed by atoms with Gasteiger partial charge < -0.3 is 9.84 Å². The van der Waals surface area contributed by atoms with Crippen molar-refractivity contribution in [1.82, 2.24) is 0 Å². The first-order chi connectivity index (χ1) is 19.6. The zero-order valence-corrected chi connectivity index (χ0v) is 27.2. The van der Waals surface area contributed by atoms with Gasteiger partial charge >= 0.3 is 11.9 Å². The number of hydrogen-bond acceptors (Lipinski definition) is 3. The second-order valence-corrected chi connectivity index (χ2v) is 12.4. The van der Waals surface area contributed by atoms with Crippen LogP contribution in [0.15, 0.2) is 0 Å². The summed E-state index contributed by atoms with van der Waals surface area (Å²) >= 11 is 0. The Morgan fingerprint density at radius 3 is 1.10 bits per heavy atom. The molecule has 0 spiro atoms. The summed E-state index contributed by atoms with van der Waals surface area (Å²) in [4.78, 5) is 23.2. The van der Waals surface area contributed by atoms with E-state index in [9.17, 15) is 9.59 Å². The van der Waals surface area contributed by atoms with Crippen LogP contribution in [0.2, 0.25) is 0 Å². The molecule has 1 N–H and O–H groups in total. The van der Waals surface area contributed by atoms with Crippen molar-refractivity contribution in [2.45, 2.75) is 219 Å². The van der Waals surface area contributed by atoms with Crippen LogP contribution in [0.3, 0.4) is 0 Å². The highest BCUT2D eigenvalue weighted by Crippen LogP contribution is 2.19. The predicted molar refractivity (Wildman–Crippen MR) is 172 cm³/mol. The minimum Gasteiger partial charge on any atom is -0.481 e. The molecule has 0 aromatic heterocycles. The van der Waals surface area contributed by atoms with Gasteiger partial charge in [0.05, 0.1) is 0 Å². The van der Waals surface area contributed by atoms with Crippen LogP contribution in [0.1, 0.15) is 213 Å². The first-order valence-corrected chi connectivity index (χ1v) is 18.0. The summed E-state index contributed by atoms with van der Waals surface area (Å²) in [6.07, 6.45) is 36.9. The minimum absolute atomic E-state index is 0.0151. The molecular weight excluding hydrogens is 496 g/mol. The molecule has 0 fully saturated rings. The zero-order chi connectivity index (χ0) is 29.4. The lowest BCUT2D eigenvalue weighted by Crippen LogP contribution is -2.18. The predicted octanol–water partition coefficient (Wildman–Crippen LogP) is 12.1. The molecule has 0 aromatic rings. The van der Waals surface area contributed by atoms with Crippen LogP contribution < -0.4 is 0 Å². The molecule has 0 bridgehead atoms. The summed E-state index contributed by atoms with van der Waals surface area (Å²) in [5.74, 6) is -0.675. The van der Waals surface area contributed by atoms with E-state index in [0.29, 0.717) is 6.42 Å². The topological polar surface area (TPSA) is 63.6 Å². The van der Waals surface area contributed by atoms with Gasteiger partial charge in [-0.3, -0.25) is 9.59 Å². The first kappa shape index (κ1) is 38.9. The van der Waals surface area contributed by atoms with Gasteiger partial charge in [0.15, 0.2) is 0 Å². The van der Waals surface area contributed by atoms with Crippen molar-refractivity contribution in [3.63, 3.8) is 0 Å². The van der Waals surface area contributed by atoms with E-state index in [4.69, 9.17) is 9.84 Å². The Morgan fingerprint density at radius 2 is 0.750 bits per heavy atom. The van der Waals surface area contributed by atoms with Gasteiger partial charge in [-0.05, 0) is 38.5 Å². The Kier molecular flexibility index (Phi) is 31.6. The summed E-state index contributed by atoms with van der Waals surface area (Å²) in [6, 6.07) is 0. The van der Waals surface area contributed by atoms with Crippen LogP contribution in [-0.2, 0) is 14.3 Å². The number of carbonyl (C=O) groups is 2. The highest BCUT2D eigenvalue weighted by atomic mass is 16.5. The fourth-order valence-corrected chi connectivity index (χ4v) is 5.66. The van der Waals surface area contributed by atoms with Crippen LogP contribution in [0.25, 0.3) is 0 Å². The van der Waals surface area contributed by atoms with E-state index >= 15 is 0 Å². The molecule has 238 valence electrons. The molecule has 0 saturated heterocycles. The number of carboxylic acids is 1. The highest BCUT2D eigenvalue weighted by Gasteiger charge is 2.14. The van der Waals surface area contributed by atoms with Gasteiger partial charge in [0.2, 0.25) is 0 Å². The van der Waals surface area contributed by atoms with Crippen molar-refractivity contribution in [2.75, 3.05) is 0 Å². The van der Waals surface area contributed by atoms with Crippen molar-refractivity contribution in [3.8, 4) is 0 Å². The number of carbonyl (C=O) groups excluding carboxylic acids is 1. The van der Waals surface area contributed by atoms with E-state index in [1.165, 1.54) is 122 Å². The van der Waals surface area contributed by atoms with Gasteiger partial charge in [-0.2, -0.15) is 0 Å². The fourth-order valence-electron chi connectivity index (χ4n) is 5.66. The van der Waals surface area contributed by atoms with Gasteiger partial charge in [0.25, 0.3) is 0 Å². The average molecular weight is 567 g/mol. The highest BCUT2D eigenvalue weighted by molar-refractivity contribution is 5.69. The van der Waals surface area contributed by atoms with E-state index in [1.807, 2.05) is 0 Å². The van der Waals surface area contributed by atoms with Crippen molar-refractivity contribution in [1.29, 1.82) is 0 Å². The van der Waals surface area contributed by atoms with Gasteiger partial charge in [-0.15, -0.1) is 0 Å². The van der Waals surface area contributed by atoms with Crippen molar-refractivity contribution in [3.05, 3.63) is 0 Å². The van der Waals surface area contributed by atoms with Crippen LogP contribution in [0, 0.1) is 0 Å². The molecule has 1 unspecified atom stereocenters. The van der Waals surface area contributed by atoms with E-state index in [0.717, 1.165) is 64.2 Å². The molecule has 0 saturated carbocycles. The largest absolute Gasteiger partial charge is 0.481 e. The maximum absolute atomic E-state index is 12.6. The van der Waals surface area contributed by atoms with Crippen LogP contribution in [0.5, 0.6) is 0 Å². The van der Waals surface area contributed by atoms with E-state index < -0.39 is 5.97 Å². The maximum atomic E-state index is 12.6. The van der Waals surface area contributed by atoms with Crippen LogP contribution in [0.4, 0.5) is 0 Å². The molecule has 0 amide bonds. The smallest absolute Gasteiger partial charge is 0.306 e. The number of rotatable bonds is 33. The third-order valence-electron chi connectivity index (χ3n) is 8.33. The molecule has 0 aromatic carbocycles. The quantitative estimate of drug-likeness (QED) is 0.0633. The van der Waals surface area contributed by atoms with Gasteiger partial charge in [0, 0.05) is 12.8 Å². The standard InChI is InChI=1S/C36H70O4/c1-3-5-7-9-11-13-14-15-16-17-19-25-29-33-36(39)40-34(30-26-22-18-12-10-8-6-4-2)31-27-23-20-21-24-28-32-35(37)38/h34H,3-33H2,1-2H3,(H,37,38). The third-order valence-corrected chi connectivity index (χ3v) is 8.33. The second kappa shape index (κ2) is 32.5. The molecule has 40 heavy (non-hydrogen) atoms. The van der Waals surface area contributed by atoms with Crippen molar-refractivity contribution < 1.29 is 19.4 Å². The Balaban J connectivity index is 3.98. The average Bonchev–Trinajstić information content (AvgIpc) is 2.93. The van der Waals surface area contributed by atoms with Crippen LogP contribution >= 0.6 is 0 Å². The summed E-state index contributed by atoms with van der Waals surface area (Å²) in [7, 11) is 0. The maximum Gasteiger partial charge on any atom is 0.306 e. The molecule has 0 aliphatic carbocycles. The Bertz CT molecular complexity index is 533. The lowest BCUT2D eigenvalue weighted by atomic mass is 10.0. The third kappa shape index (κ3) is 31.5. The molecule has 1 atom stereocenters. The Hall–Kier alpha value is -1.06. The second-order valence-electron chi connectivity index (χ2n) is 12.4. The number of ether oxygens (including phenoxy) is 1. The molecule has 0 aliphatic rings. The van der Waals surface area contributed by atoms with Crippen molar-refractivity contribution >= 4 is 11.9 Å². The number of esters is 1. The van der Waals surface area contributed by atoms with Crippen molar-refractivity contribution in [2.24, 2.45) is 0 Å². The first-order valence-electron chi connectivity index (χ1n) is 18.0. The SMILES string of the molecule is CCCCCCCCCCCCCCCC(=O)OC(CCCCCCCCCC)CCCCCCCCC(=O)O. The molecule has 4 nitrogen and oxygen atoms in total. The van der Waals surface area contributed by atoms with E-state index in [2.05, 4.69) is 13.8 Å². The van der Waals surface area contributed by atoms with E-state index in [-0.39, 0.29) is 18.5 Å². The zero-order valence-electron chi connectivity index (χ0n) is 27.2. The molecule has 0 heterocycles. The Labute approximate surface area is 250 Å². The molecule has 4 heteroatoms. The number of hydrogen-bond donors (Lipinski definition) is 1. The fraction of sp³-hybridized carbons (Fsp3) is 0.944. The summed E-state index contributed by atoms with van der Waals surface area (Å²) in [6.45, 7) is 4.54. The van der Waals surface area contributed by atoms with E-state index in [1.54, 1.807) is 0 Å². The summed E-state index contributed by atoms with van der Waals surface area (Å²) < 4.78 is 5.98. The number of aliphatic carboxylic acids is 1. The normalized spacial score (nSPS) is 12.1. The molecular formula is C36H70O4. The van der Waals surface area contributed by atoms with Gasteiger partial charge in [-0.25, -0.2) is 0 Å². The molecule has 0 radical (unpaired) electrons. The molecule has 0 rings (SSSR count). The molecule has 0 aliphatic heterocycles. The monoisotopic (exact) mass is 567 g/mol. The summed E-state index contributed by atoms with van der Waals surface area (Å²) in [5.41, 5.74) is 0. The summed E-state index contributed by atoms with van der Waals surface area (Å²) in [5, 5.41) is 8.75. The lowest BCUT2D eigenvalue weighted by molar-refractivity contribution is -0.150. The Morgan fingerprint density at radius 1 is 0.450 bits per heavy atom. The number of carboxylic acid groups (broad SMARTS) is 1. The van der Waals surface area contributed by atoms with Crippen LogP contribution in [-0.4, -0.2) is 23.1 Å². The minimum atomic E-state index is -0.690. The lowest BCUT2D eigenvalue weighted by Gasteiger charge is -2.18. The van der Waals surface area contributed by atoms with Gasteiger partial charge in [-0.1, -0.05) is 162 Å². The number of unbranched alkanes of at least 4 members (excludes halogenated alkanes) is 24. The van der Waals surface area contributed by atoms with Gasteiger partial charge in [0.1, 0.15) is 6.10 Å².